The van der Waals surface area contributed by atoms with E-state index in [1.807, 2.05) is 24.3 Å². The van der Waals surface area contributed by atoms with Gasteiger partial charge in [-0.1, -0.05) is 24.3 Å². The van der Waals surface area contributed by atoms with E-state index < -0.39 is 0 Å². The molecule has 1 saturated heterocycles. The second-order valence-corrected chi connectivity index (χ2v) is 7.19. The predicted molar refractivity (Wildman–Crippen MR) is 119 cm³/mol. The number of nitrogens with one attached hydrogen (secondary N) is 1. The first-order chi connectivity index (χ1) is 14.7. The Bertz CT molecular complexity index is 787. The molecule has 1 aliphatic heterocycles. The lowest BCUT2D eigenvalue weighted by molar-refractivity contribution is 0.0180. The minimum absolute atomic E-state index is 0.154. The number of hydrogen-bond acceptors (Lipinski definition) is 5. The Morgan fingerprint density at radius 2 is 1.63 bits per heavy atom. The van der Waals surface area contributed by atoms with Crippen molar-refractivity contribution in [3.05, 3.63) is 59.7 Å². The van der Waals surface area contributed by atoms with Crippen molar-refractivity contribution in [2.75, 3.05) is 53.6 Å². The molecule has 1 fully saturated rings. The Kier molecular flexibility index (Phi) is 8.35. The molecule has 7 heteroatoms. The molecule has 0 amide bonds. The van der Waals surface area contributed by atoms with Gasteiger partial charge in [-0.15, -0.1) is 0 Å². The molecule has 7 nitrogen and oxygen atoms in total. The van der Waals surface area contributed by atoms with Gasteiger partial charge in [0.25, 0.3) is 0 Å². The monoisotopic (exact) mass is 412 g/mol. The molecule has 0 spiro atoms. The third kappa shape index (κ3) is 6.37. The molecular weight excluding hydrogens is 380 g/mol. The molecule has 0 saturated carbocycles. The van der Waals surface area contributed by atoms with Crippen molar-refractivity contribution < 1.29 is 14.2 Å². The highest BCUT2D eigenvalue weighted by atomic mass is 16.5. The molecule has 2 aromatic rings. The summed E-state index contributed by atoms with van der Waals surface area (Å²) in [5.74, 6) is 2.18. The lowest BCUT2D eigenvalue weighted by atomic mass is 10.0. The van der Waals surface area contributed by atoms with E-state index >= 15 is 0 Å². The quantitative estimate of drug-likeness (QED) is 0.486. The minimum Gasteiger partial charge on any atom is -0.497 e. The highest BCUT2D eigenvalue weighted by Crippen LogP contribution is 2.24. The summed E-state index contributed by atoms with van der Waals surface area (Å²) in [5.41, 5.74) is 8.56. The van der Waals surface area contributed by atoms with Crippen LogP contribution < -0.4 is 20.5 Å². The van der Waals surface area contributed by atoms with Crippen LogP contribution in [0.1, 0.15) is 17.2 Å². The van der Waals surface area contributed by atoms with E-state index in [0.717, 1.165) is 50.8 Å². The molecule has 30 heavy (non-hydrogen) atoms. The van der Waals surface area contributed by atoms with E-state index in [-0.39, 0.29) is 6.04 Å². The van der Waals surface area contributed by atoms with Crippen LogP contribution in [0.3, 0.4) is 0 Å². The molecule has 0 aromatic heterocycles. The van der Waals surface area contributed by atoms with Gasteiger partial charge in [0.05, 0.1) is 40.0 Å². The van der Waals surface area contributed by atoms with Crippen LogP contribution in [0.4, 0.5) is 0 Å². The first-order valence-corrected chi connectivity index (χ1v) is 10.3. The van der Waals surface area contributed by atoms with E-state index in [1.54, 1.807) is 14.2 Å². The van der Waals surface area contributed by atoms with Crippen LogP contribution in [-0.2, 0) is 11.2 Å². The maximum Gasteiger partial charge on any atom is 0.188 e. The van der Waals surface area contributed by atoms with Crippen molar-refractivity contribution in [3.63, 3.8) is 0 Å². The number of aliphatic imine (C=N–C) groups is 1. The SMILES string of the molecule is COc1ccc(CCNC(N)=NCC(c2ccc(OC)cc2)N2CCOCC2)cc1. The Labute approximate surface area is 178 Å². The Hall–Kier alpha value is -2.77. The normalized spacial score (nSPS) is 16.1. The molecule has 3 N–H and O–H groups in total. The van der Waals surface area contributed by atoms with Gasteiger partial charge in [-0.3, -0.25) is 9.89 Å². The van der Waals surface area contributed by atoms with Crippen molar-refractivity contribution in [1.29, 1.82) is 0 Å². The summed E-state index contributed by atoms with van der Waals surface area (Å²) in [6.07, 6.45) is 0.867. The van der Waals surface area contributed by atoms with Crippen molar-refractivity contribution >= 4 is 5.96 Å². The molecule has 1 unspecified atom stereocenters. The van der Waals surface area contributed by atoms with Gasteiger partial charge in [0.1, 0.15) is 11.5 Å². The zero-order valence-corrected chi connectivity index (χ0v) is 17.8. The lowest BCUT2D eigenvalue weighted by Gasteiger charge is -2.34. The third-order valence-electron chi connectivity index (χ3n) is 5.30. The molecule has 0 radical (unpaired) electrons. The molecular formula is C23H32N4O3. The lowest BCUT2D eigenvalue weighted by Crippen LogP contribution is -2.41. The number of rotatable bonds is 9. The first-order valence-electron chi connectivity index (χ1n) is 10.3. The highest BCUT2D eigenvalue weighted by molar-refractivity contribution is 5.77. The van der Waals surface area contributed by atoms with E-state index in [2.05, 4.69) is 39.5 Å². The summed E-state index contributed by atoms with van der Waals surface area (Å²) in [5, 5.41) is 3.22. The summed E-state index contributed by atoms with van der Waals surface area (Å²) < 4.78 is 16.0. The summed E-state index contributed by atoms with van der Waals surface area (Å²) in [7, 11) is 3.35. The van der Waals surface area contributed by atoms with Gasteiger partial charge in [-0.25, -0.2) is 0 Å². The molecule has 1 aliphatic rings. The summed E-state index contributed by atoms with van der Waals surface area (Å²) >= 11 is 0. The average molecular weight is 413 g/mol. The molecule has 2 aromatic carbocycles. The van der Waals surface area contributed by atoms with Crippen LogP contribution in [0.5, 0.6) is 11.5 Å². The molecule has 1 atom stereocenters. The van der Waals surface area contributed by atoms with E-state index in [9.17, 15) is 0 Å². The number of methoxy groups -OCH3 is 2. The van der Waals surface area contributed by atoms with Crippen LogP contribution in [0.25, 0.3) is 0 Å². The Balaban J connectivity index is 1.57. The third-order valence-corrected chi connectivity index (χ3v) is 5.30. The van der Waals surface area contributed by atoms with Gasteiger partial charge in [0.2, 0.25) is 0 Å². The second kappa shape index (κ2) is 11.4. The highest BCUT2D eigenvalue weighted by Gasteiger charge is 2.22. The van der Waals surface area contributed by atoms with Crippen LogP contribution in [0.2, 0.25) is 0 Å². The summed E-state index contributed by atoms with van der Waals surface area (Å²) in [4.78, 5) is 7.03. The summed E-state index contributed by atoms with van der Waals surface area (Å²) in [6, 6.07) is 16.4. The van der Waals surface area contributed by atoms with Gasteiger partial charge >= 0.3 is 0 Å². The fourth-order valence-corrected chi connectivity index (χ4v) is 3.51. The number of guanidine groups is 1. The average Bonchev–Trinajstić information content (AvgIpc) is 2.81. The zero-order valence-electron chi connectivity index (χ0n) is 17.8. The van der Waals surface area contributed by atoms with Gasteiger partial charge in [0, 0.05) is 19.6 Å². The standard InChI is InChI=1S/C23H32N4O3/c1-28-20-7-3-18(4-8-20)11-12-25-23(24)26-17-22(27-13-15-30-16-14-27)19-5-9-21(29-2)10-6-19/h3-10,22H,11-17H2,1-2H3,(H3,24,25,26). The van der Waals surface area contributed by atoms with Crippen LogP contribution in [-0.4, -0.2) is 64.5 Å². The van der Waals surface area contributed by atoms with Gasteiger partial charge in [-0.2, -0.15) is 0 Å². The van der Waals surface area contributed by atoms with Gasteiger partial charge in [0.15, 0.2) is 5.96 Å². The first kappa shape index (κ1) is 21.9. The van der Waals surface area contributed by atoms with Gasteiger partial charge in [-0.05, 0) is 41.8 Å². The number of ether oxygens (including phenoxy) is 3. The van der Waals surface area contributed by atoms with Crippen molar-refractivity contribution in [1.82, 2.24) is 10.2 Å². The Morgan fingerprint density at radius 1 is 1.03 bits per heavy atom. The number of nitrogens with two attached hydrogens (primary N) is 1. The van der Waals surface area contributed by atoms with E-state index in [1.165, 1.54) is 11.1 Å². The Morgan fingerprint density at radius 3 is 2.23 bits per heavy atom. The van der Waals surface area contributed by atoms with Crippen LogP contribution in [0, 0.1) is 0 Å². The minimum atomic E-state index is 0.154. The molecule has 162 valence electrons. The predicted octanol–water partition coefficient (Wildman–Crippen LogP) is 2.22. The van der Waals surface area contributed by atoms with Crippen molar-refractivity contribution in [3.8, 4) is 11.5 Å². The number of hydrogen-bond donors (Lipinski definition) is 2. The second-order valence-electron chi connectivity index (χ2n) is 7.19. The molecule has 3 rings (SSSR count). The van der Waals surface area contributed by atoms with E-state index in [0.29, 0.717) is 12.5 Å². The number of benzene rings is 2. The van der Waals surface area contributed by atoms with Crippen LogP contribution >= 0.6 is 0 Å². The largest absolute Gasteiger partial charge is 0.497 e. The van der Waals surface area contributed by atoms with E-state index in [4.69, 9.17) is 19.9 Å². The molecule has 0 bridgehead atoms. The number of morpholine rings is 1. The number of nitrogens with zero attached hydrogens (tertiary/aromatic N) is 2. The van der Waals surface area contributed by atoms with Crippen LogP contribution in [0.15, 0.2) is 53.5 Å². The molecule has 1 heterocycles. The maximum absolute atomic E-state index is 6.14. The smallest absolute Gasteiger partial charge is 0.188 e. The molecule has 0 aliphatic carbocycles. The van der Waals surface area contributed by atoms with Crippen molar-refractivity contribution in [2.24, 2.45) is 10.7 Å². The topological polar surface area (TPSA) is 81.3 Å². The maximum atomic E-state index is 6.14. The van der Waals surface area contributed by atoms with Gasteiger partial charge < -0.3 is 25.3 Å². The fourth-order valence-electron chi connectivity index (χ4n) is 3.51. The fraction of sp³-hybridized carbons (Fsp3) is 0.435. The zero-order chi connectivity index (χ0) is 21.2. The van der Waals surface area contributed by atoms with Crippen molar-refractivity contribution in [2.45, 2.75) is 12.5 Å². The summed E-state index contributed by atoms with van der Waals surface area (Å²) in [6.45, 7) is 4.58.